The summed E-state index contributed by atoms with van der Waals surface area (Å²) in [5, 5.41) is 3.70. The first kappa shape index (κ1) is 13.1. The second kappa shape index (κ2) is 5.59. The largest absolute Gasteiger partial charge is 0.311 e. The number of piperazine rings is 1. The Morgan fingerprint density at radius 1 is 1.32 bits per heavy atom. The predicted molar refractivity (Wildman–Crippen MR) is 77.9 cm³/mol. The Kier molecular flexibility index (Phi) is 3.85. The second-order valence-electron chi connectivity index (χ2n) is 6.27. The Labute approximate surface area is 116 Å². The summed E-state index contributed by atoms with van der Waals surface area (Å²) in [4.78, 5) is 7.22. The fourth-order valence-corrected chi connectivity index (χ4v) is 3.69. The van der Waals surface area contributed by atoms with Crippen LogP contribution in [-0.2, 0) is 6.54 Å². The van der Waals surface area contributed by atoms with Crippen molar-refractivity contribution in [2.24, 2.45) is 0 Å². The average molecular weight is 259 g/mol. The first-order valence-corrected chi connectivity index (χ1v) is 7.67. The van der Waals surface area contributed by atoms with Crippen molar-refractivity contribution in [1.29, 1.82) is 0 Å². The first-order valence-electron chi connectivity index (χ1n) is 7.67. The van der Waals surface area contributed by atoms with Gasteiger partial charge in [-0.1, -0.05) is 25.3 Å². The van der Waals surface area contributed by atoms with Gasteiger partial charge in [-0.3, -0.25) is 9.88 Å². The maximum Gasteiger partial charge on any atom is 0.0544 e. The van der Waals surface area contributed by atoms with Crippen molar-refractivity contribution in [3.8, 4) is 0 Å². The molecule has 3 rings (SSSR count). The van der Waals surface area contributed by atoms with Crippen molar-refractivity contribution >= 4 is 0 Å². The smallest absolute Gasteiger partial charge is 0.0544 e. The lowest BCUT2D eigenvalue weighted by atomic mass is 9.78. The summed E-state index contributed by atoms with van der Waals surface area (Å²) in [6.45, 7) is 5.60. The topological polar surface area (TPSA) is 28.2 Å². The third-order valence-corrected chi connectivity index (χ3v) is 4.81. The molecule has 2 aliphatic rings. The van der Waals surface area contributed by atoms with Crippen LogP contribution in [0, 0.1) is 0 Å². The SMILES string of the molecule is CC1CN(Cc2ccccn2)C2(CCCCC2)CN1. The summed E-state index contributed by atoms with van der Waals surface area (Å²) in [5.74, 6) is 0. The minimum Gasteiger partial charge on any atom is -0.311 e. The molecule has 2 fully saturated rings. The highest BCUT2D eigenvalue weighted by Gasteiger charge is 2.41. The molecule has 1 aliphatic carbocycles. The van der Waals surface area contributed by atoms with Crippen LogP contribution >= 0.6 is 0 Å². The lowest BCUT2D eigenvalue weighted by Crippen LogP contribution is -2.64. The van der Waals surface area contributed by atoms with Gasteiger partial charge in [0.1, 0.15) is 0 Å². The van der Waals surface area contributed by atoms with Crippen molar-refractivity contribution in [3.05, 3.63) is 30.1 Å². The maximum absolute atomic E-state index is 4.51. The Bertz CT molecular complexity index is 398. The van der Waals surface area contributed by atoms with E-state index in [2.05, 4.69) is 34.3 Å². The van der Waals surface area contributed by atoms with Gasteiger partial charge in [0.25, 0.3) is 0 Å². The minimum absolute atomic E-state index is 0.391. The van der Waals surface area contributed by atoms with Crippen molar-refractivity contribution in [2.45, 2.75) is 57.2 Å². The van der Waals surface area contributed by atoms with Gasteiger partial charge in [0, 0.05) is 37.4 Å². The average Bonchev–Trinajstić information content (AvgIpc) is 2.46. The Morgan fingerprint density at radius 2 is 2.16 bits per heavy atom. The number of pyridine rings is 1. The fourth-order valence-electron chi connectivity index (χ4n) is 3.69. The molecule has 1 saturated heterocycles. The first-order chi connectivity index (χ1) is 9.28. The number of rotatable bonds is 2. The van der Waals surface area contributed by atoms with Gasteiger partial charge in [-0.05, 0) is 31.9 Å². The van der Waals surface area contributed by atoms with Gasteiger partial charge in [-0.15, -0.1) is 0 Å². The monoisotopic (exact) mass is 259 g/mol. The molecule has 1 aromatic heterocycles. The quantitative estimate of drug-likeness (QED) is 0.885. The van der Waals surface area contributed by atoms with Crippen LogP contribution in [0.1, 0.15) is 44.7 Å². The molecule has 1 aliphatic heterocycles. The molecular weight excluding hydrogens is 234 g/mol. The fraction of sp³-hybridized carbons (Fsp3) is 0.688. The highest BCUT2D eigenvalue weighted by molar-refractivity contribution is 5.07. The van der Waals surface area contributed by atoms with E-state index < -0.39 is 0 Å². The number of nitrogens with one attached hydrogen (secondary N) is 1. The lowest BCUT2D eigenvalue weighted by Gasteiger charge is -2.51. The summed E-state index contributed by atoms with van der Waals surface area (Å²) in [6, 6.07) is 6.85. The number of hydrogen-bond donors (Lipinski definition) is 1. The molecule has 19 heavy (non-hydrogen) atoms. The third kappa shape index (κ3) is 2.82. The van der Waals surface area contributed by atoms with E-state index in [1.54, 1.807) is 0 Å². The van der Waals surface area contributed by atoms with E-state index in [1.807, 2.05) is 12.3 Å². The molecule has 1 spiro atoms. The molecule has 1 unspecified atom stereocenters. The summed E-state index contributed by atoms with van der Waals surface area (Å²) >= 11 is 0. The van der Waals surface area contributed by atoms with Crippen molar-refractivity contribution < 1.29 is 0 Å². The van der Waals surface area contributed by atoms with Crippen LogP contribution in [0.3, 0.4) is 0 Å². The molecule has 0 amide bonds. The zero-order chi connectivity index (χ0) is 13.1. The summed E-state index contributed by atoms with van der Waals surface area (Å²) in [5.41, 5.74) is 1.60. The number of nitrogens with zero attached hydrogens (tertiary/aromatic N) is 2. The summed E-state index contributed by atoms with van der Waals surface area (Å²) in [7, 11) is 0. The zero-order valence-corrected chi connectivity index (χ0v) is 11.9. The molecule has 0 aromatic carbocycles. The lowest BCUT2D eigenvalue weighted by molar-refractivity contribution is 0.00530. The van der Waals surface area contributed by atoms with Gasteiger partial charge >= 0.3 is 0 Å². The van der Waals surface area contributed by atoms with Gasteiger partial charge in [0.05, 0.1) is 5.69 Å². The van der Waals surface area contributed by atoms with Gasteiger partial charge in [-0.2, -0.15) is 0 Å². The van der Waals surface area contributed by atoms with Crippen LogP contribution in [0.4, 0.5) is 0 Å². The van der Waals surface area contributed by atoms with Gasteiger partial charge in [0.2, 0.25) is 0 Å². The summed E-state index contributed by atoms with van der Waals surface area (Å²) < 4.78 is 0. The van der Waals surface area contributed by atoms with E-state index in [1.165, 1.54) is 37.8 Å². The third-order valence-electron chi connectivity index (χ3n) is 4.81. The van der Waals surface area contributed by atoms with Crippen molar-refractivity contribution in [1.82, 2.24) is 15.2 Å². The predicted octanol–water partition coefficient (Wildman–Crippen LogP) is 2.58. The Balaban J connectivity index is 1.78. The molecule has 1 atom stereocenters. The van der Waals surface area contributed by atoms with Crippen LogP contribution in [0.15, 0.2) is 24.4 Å². The van der Waals surface area contributed by atoms with Crippen LogP contribution in [0.5, 0.6) is 0 Å². The normalized spacial score (nSPS) is 27.5. The standard InChI is InChI=1S/C16H25N3/c1-14-11-19(12-15-7-3-6-10-17-15)16(13-18-14)8-4-2-5-9-16/h3,6-7,10,14,18H,2,4-5,8-9,11-13H2,1H3. The van der Waals surface area contributed by atoms with E-state index in [0.29, 0.717) is 11.6 Å². The molecule has 3 nitrogen and oxygen atoms in total. The second-order valence-corrected chi connectivity index (χ2v) is 6.27. The van der Waals surface area contributed by atoms with E-state index >= 15 is 0 Å². The van der Waals surface area contributed by atoms with Gasteiger partial charge < -0.3 is 5.32 Å². The maximum atomic E-state index is 4.51. The molecule has 104 valence electrons. The number of aromatic nitrogens is 1. The van der Waals surface area contributed by atoms with Gasteiger partial charge in [0.15, 0.2) is 0 Å². The van der Waals surface area contributed by atoms with Crippen molar-refractivity contribution in [2.75, 3.05) is 13.1 Å². The number of hydrogen-bond acceptors (Lipinski definition) is 3. The molecular formula is C16H25N3. The highest BCUT2D eigenvalue weighted by Crippen LogP contribution is 2.36. The van der Waals surface area contributed by atoms with Crippen molar-refractivity contribution in [3.63, 3.8) is 0 Å². The van der Waals surface area contributed by atoms with Gasteiger partial charge in [-0.25, -0.2) is 0 Å². The van der Waals surface area contributed by atoms with E-state index in [4.69, 9.17) is 0 Å². The Hall–Kier alpha value is -0.930. The zero-order valence-electron chi connectivity index (χ0n) is 11.9. The highest BCUT2D eigenvalue weighted by atomic mass is 15.3. The van der Waals surface area contributed by atoms with Crippen LogP contribution in [-0.4, -0.2) is 34.6 Å². The van der Waals surface area contributed by atoms with E-state index in [0.717, 1.165) is 19.6 Å². The molecule has 2 heterocycles. The van der Waals surface area contributed by atoms with Crippen LogP contribution < -0.4 is 5.32 Å². The minimum atomic E-state index is 0.391. The molecule has 3 heteroatoms. The molecule has 0 radical (unpaired) electrons. The van der Waals surface area contributed by atoms with E-state index in [-0.39, 0.29) is 0 Å². The molecule has 1 saturated carbocycles. The summed E-state index contributed by atoms with van der Waals surface area (Å²) in [6.07, 6.45) is 8.78. The Morgan fingerprint density at radius 3 is 2.89 bits per heavy atom. The van der Waals surface area contributed by atoms with Crippen LogP contribution in [0.25, 0.3) is 0 Å². The molecule has 1 aromatic rings. The molecule has 1 N–H and O–H groups in total. The van der Waals surface area contributed by atoms with E-state index in [9.17, 15) is 0 Å². The van der Waals surface area contributed by atoms with Crippen LogP contribution in [0.2, 0.25) is 0 Å². The molecule has 0 bridgehead atoms.